The minimum Gasteiger partial charge on any atom is -0.337 e. The second kappa shape index (κ2) is 3.09. The van der Waals surface area contributed by atoms with Gasteiger partial charge in [0.2, 0.25) is 5.95 Å². The van der Waals surface area contributed by atoms with Gasteiger partial charge in [-0.15, -0.1) is 0 Å². The molecule has 3 atom stereocenters. The van der Waals surface area contributed by atoms with Crippen molar-refractivity contribution in [2.24, 2.45) is 23.8 Å². The summed E-state index contributed by atoms with van der Waals surface area (Å²) in [6.45, 7) is 6.17. The third-order valence-corrected chi connectivity index (χ3v) is 6.51. The highest BCUT2D eigenvalue weighted by Crippen LogP contribution is 2.70. The second-order valence-electron chi connectivity index (χ2n) is 6.99. The van der Waals surface area contributed by atoms with Crippen LogP contribution in [0.1, 0.15) is 39.5 Å². The first kappa shape index (κ1) is 10.8. The van der Waals surface area contributed by atoms with E-state index in [1.165, 1.54) is 25.7 Å². The Morgan fingerprint density at radius 1 is 1.33 bits per heavy atom. The van der Waals surface area contributed by atoms with Crippen LogP contribution in [0.15, 0.2) is 6.33 Å². The number of nitrogens with zero attached hydrogens (tertiary/aromatic N) is 4. The molecule has 3 fully saturated rings. The molecule has 0 amide bonds. The van der Waals surface area contributed by atoms with Gasteiger partial charge in [0.25, 0.3) is 0 Å². The Morgan fingerprint density at radius 2 is 2.17 bits per heavy atom. The molecule has 1 aliphatic heterocycles. The van der Waals surface area contributed by atoms with Crippen molar-refractivity contribution < 1.29 is 0 Å². The summed E-state index contributed by atoms with van der Waals surface area (Å²) in [4.78, 5) is 7.00. The molecule has 4 nitrogen and oxygen atoms in total. The fourth-order valence-electron chi connectivity index (χ4n) is 5.33. The van der Waals surface area contributed by atoms with E-state index >= 15 is 0 Å². The molecule has 4 heteroatoms. The fraction of sp³-hybridized carbons (Fsp3) is 0.857. The average Bonchev–Trinajstić information content (AvgIpc) is 3.01. The monoisotopic (exact) mass is 246 g/mol. The summed E-state index contributed by atoms with van der Waals surface area (Å²) in [5.74, 6) is 1.98. The summed E-state index contributed by atoms with van der Waals surface area (Å²) < 4.78 is 1.93. The average molecular weight is 246 g/mol. The number of rotatable bonds is 1. The van der Waals surface area contributed by atoms with Gasteiger partial charge in [0.15, 0.2) is 0 Å². The summed E-state index contributed by atoms with van der Waals surface area (Å²) in [5, 5.41) is 4.24. The van der Waals surface area contributed by atoms with Crippen LogP contribution >= 0.6 is 0 Å². The van der Waals surface area contributed by atoms with E-state index in [0.717, 1.165) is 18.4 Å². The van der Waals surface area contributed by atoms with E-state index in [1.807, 2.05) is 11.7 Å². The smallest absolute Gasteiger partial charge is 0.223 e. The molecular formula is C14H22N4. The first-order valence-electron chi connectivity index (χ1n) is 7.17. The van der Waals surface area contributed by atoms with Crippen molar-refractivity contribution in [1.82, 2.24) is 14.8 Å². The summed E-state index contributed by atoms with van der Waals surface area (Å²) in [7, 11) is 2.01. The van der Waals surface area contributed by atoms with Gasteiger partial charge >= 0.3 is 0 Å². The van der Waals surface area contributed by atoms with E-state index in [0.29, 0.717) is 16.9 Å². The van der Waals surface area contributed by atoms with Crippen molar-refractivity contribution in [2.45, 2.75) is 45.6 Å². The van der Waals surface area contributed by atoms with Gasteiger partial charge < -0.3 is 4.90 Å². The van der Waals surface area contributed by atoms with Crippen molar-refractivity contribution in [3.63, 3.8) is 0 Å². The molecule has 18 heavy (non-hydrogen) atoms. The van der Waals surface area contributed by atoms with E-state index in [2.05, 4.69) is 28.8 Å². The summed E-state index contributed by atoms with van der Waals surface area (Å²) >= 11 is 0. The van der Waals surface area contributed by atoms with E-state index in [4.69, 9.17) is 0 Å². The van der Waals surface area contributed by atoms with Gasteiger partial charge in [-0.3, -0.25) is 0 Å². The van der Waals surface area contributed by atoms with Crippen molar-refractivity contribution in [2.75, 3.05) is 11.4 Å². The van der Waals surface area contributed by atoms with Crippen LogP contribution in [0.2, 0.25) is 0 Å². The Hall–Kier alpha value is -1.06. The van der Waals surface area contributed by atoms with Crippen molar-refractivity contribution in [1.29, 1.82) is 0 Å². The largest absolute Gasteiger partial charge is 0.337 e. The van der Waals surface area contributed by atoms with E-state index in [1.54, 1.807) is 6.33 Å². The number of anilines is 1. The van der Waals surface area contributed by atoms with Crippen molar-refractivity contribution in [3.05, 3.63) is 6.33 Å². The summed E-state index contributed by atoms with van der Waals surface area (Å²) in [6.07, 6.45) is 7.24. The van der Waals surface area contributed by atoms with Crippen LogP contribution in [-0.4, -0.2) is 27.4 Å². The molecule has 4 rings (SSSR count). The Bertz CT molecular complexity index is 492. The predicted octanol–water partition coefficient (Wildman–Crippen LogP) is 2.22. The van der Waals surface area contributed by atoms with Crippen LogP contribution in [0.5, 0.6) is 0 Å². The lowest BCUT2D eigenvalue weighted by Crippen LogP contribution is -2.41. The van der Waals surface area contributed by atoms with Gasteiger partial charge in [-0.2, -0.15) is 10.1 Å². The Kier molecular flexibility index (Phi) is 1.86. The molecule has 3 aliphatic rings. The Morgan fingerprint density at radius 3 is 2.83 bits per heavy atom. The standard InChI is InChI=1S/C14H22N4/c1-13(2)10-4-5-14(13)6-7-18(11(14)8-10)12-15-9-16-17(12)3/h9-11H,4-8H2,1-3H3. The summed E-state index contributed by atoms with van der Waals surface area (Å²) in [5.41, 5.74) is 1.06. The normalized spacial score (nSPS) is 40.5. The third kappa shape index (κ3) is 0.998. The first-order chi connectivity index (χ1) is 8.56. The maximum Gasteiger partial charge on any atom is 0.223 e. The molecule has 2 heterocycles. The molecule has 98 valence electrons. The highest BCUT2D eigenvalue weighted by atomic mass is 15.4. The molecule has 1 saturated heterocycles. The zero-order chi connectivity index (χ0) is 12.5. The predicted molar refractivity (Wildman–Crippen MR) is 70.3 cm³/mol. The number of hydrogen-bond donors (Lipinski definition) is 0. The third-order valence-electron chi connectivity index (χ3n) is 6.51. The highest BCUT2D eigenvalue weighted by molar-refractivity contribution is 5.39. The van der Waals surface area contributed by atoms with Gasteiger partial charge in [0, 0.05) is 19.6 Å². The molecule has 2 aliphatic carbocycles. The van der Waals surface area contributed by atoms with Crippen LogP contribution in [0.4, 0.5) is 5.95 Å². The topological polar surface area (TPSA) is 34.0 Å². The molecule has 1 spiro atoms. The van der Waals surface area contributed by atoms with Crippen molar-refractivity contribution in [3.8, 4) is 0 Å². The quantitative estimate of drug-likeness (QED) is 0.762. The molecule has 0 N–H and O–H groups in total. The Balaban J connectivity index is 1.75. The van der Waals surface area contributed by atoms with Gasteiger partial charge in [0.1, 0.15) is 6.33 Å². The van der Waals surface area contributed by atoms with Gasteiger partial charge in [-0.1, -0.05) is 13.8 Å². The molecule has 2 saturated carbocycles. The number of aryl methyl sites for hydroxylation is 1. The van der Waals surface area contributed by atoms with E-state index < -0.39 is 0 Å². The minimum absolute atomic E-state index is 0.519. The SMILES string of the molecule is Cn1ncnc1N1CCC23CCC(CC12)C3(C)C. The highest BCUT2D eigenvalue weighted by Gasteiger charge is 2.67. The molecular weight excluding hydrogens is 224 g/mol. The molecule has 0 aromatic carbocycles. The van der Waals surface area contributed by atoms with Crippen LogP contribution in [0.25, 0.3) is 0 Å². The molecule has 3 unspecified atom stereocenters. The van der Waals surface area contributed by atoms with Crippen LogP contribution in [-0.2, 0) is 7.05 Å². The molecule has 2 bridgehead atoms. The van der Waals surface area contributed by atoms with Crippen LogP contribution in [0, 0.1) is 16.7 Å². The minimum atomic E-state index is 0.519. The lowest BCUT2D eigenvalue weighted by atomic mass is 9.67. The number of hydrogen-bond acceptors (Lipinski definition) is 3. The van der Waals surface area contributed by atoms with Crippen LogP contribution < -0.4 is 4.90 Å². The maximum atomic E-state index is 4.46. The zero-order valence-corrected chi connectivity index (χ0v) is 11.6. The van der Waals surface area contributed by atoms with Gasteiger partial charge in [-0.05, 0) is 42.4 Å². The Labute approximate surface area is 108 Å². The van der Waals surface area contributed by atoms with Gasteiger partial charge in [-0.25, -0.2) is 4.68 Å². The van der Waals surface area contributed by atoms with Gasteiger partial charge in [0.05, 0.1) is 0 Å². The lowest BCUT2D eigenvalue weighted by Gasteiger charge is -2.39. The zero-order valence-electron chi connectivity index (χ0n) is 11.6. The van der Waals surface area contributed by atoms with Crippen molar-refractivity contribution >= 4 is 5.95 Å². The van der Waals surface area contributed by atoms with E-state index in [9.17, 15) is 0 Å². The first-order valence-corrected chi connectivity index (χ1v) is 7.17. The second-order valence-corrected chi connectivity index (χ2v) is 6.99. The van der Waals surface area contributed by atoms with Crippen LogP contribution in [0.3, 0.4) is 0 Å². The molecule has 0 radical (unpaired) electrons. The fourth-order valence-corrected chi connectivity index (χ4v) is 5.33. The lowest BCUT2D eigenvalue weighted by molar-refractivity contribution is 0.130. The van der Waals surface area contributed by atoms with E-state index in [-0.39, 0.29) is 0 Å². The molecule has 1 aromatic rings. The summed E-state index contributed by atoms with van der Waals surface area (Å²) in [6, 6.07) is 0.703. The maximum absolute atomic E-state index is 4.46. The number of aromatic nitrogens is 3. The molecule has 1 aromatic heterocycles. The number of fused-ring (bicyclic) bond motifs is 1.